The molecule has 9 nitrogen and oxygen atoms in total. The van der Waals surface area contributed by atoms with Crippen LogP contribution in [0.1, 0.15) is 30.5 Å². The lowest BCUT2D eigenvalue weighted by Crippen LogP contribution is -2.36. The van der Waals surface area contributed by atoms with Gasteiger partial charge in [-0.3, -0.25) is 0 Å². The maximum atomic E-state index is 13.4. The summed E-state index contributed by atoms with van der Waals surface area (Å²) in [5.74, 6) is -1.31. The smallest absolute Gasteiger partial charge is 0.408 e. The van der Waals surface area contributed by atoms with Crippen LogP contribution < -0.4 is 10.6 Å². The number of benzene rings is 1. The number of rotatable bonds is 6. The van der Waals surface area contributed by atoms with Crippen molar-refractivity contribution in [2.45, 2.75) is 44.4 Å². The Balaban J connectivity index is 1.35. The van der Waals surface area contributed by atoms with E-state index in [1.165, 1.54) is 0 Å². The Morgan fingerprint density at radius 1 is 1.34 bits per heavy atom. The molecule has 0 unspecified atom stereocenters. The van der Waals surface area contributed by atoms with E-state index in [2.05, 4.69) is 30.9 Å². The summed E-state index contributed by atoms with van der Waals surface area (Å²) in [7, 11) is 0. The quantitative estimate of drug-likeness (QED) is 0.598. The third kappa shape index (κ3) is 3.83. The van der Waals surface area contributed by atoms with Crippen molar-refractivity contribution in [2.75, 3.05) is 5.32 Å². The van der Waals surface area contributed by atoms with Crippen molar-refractivity contribution in [3.8, 4) is 11.3 Å². The van der Waals surface area contributed by atoms with E-state index in [-0.39, 0.29) is 17.6 Å². The Bertz CT molecular complexity index is 1200. The van der Waals surface area contributed by atoms with E-state index in [1.54, 1.807) is 23.0 Å². The van der Waals surface area contributed by atoms with Crippen molar-refractivity contribution < 1.29 is 22.7 Å². The molecule has 1 aliphatic heterocycles. The number of hydrogen-bond donors (Lipinski definition) is 2. The van der Waals surface area contributed by atoms with Gasteiger partial charge in [0.1, 0.15) is 17.5 Å². The number of cyclic esters (lactones) is 1. The highest BCUT2D eigenvalue weighted by Crippen LogP contribution is 2.44. The van der Waals surface area contributed by atoms with Gasteiger partial charge in [0, 0.05) is 11.3 Å². The molecule has 3 aromatic rings. The zero-order valence-electron chi connectivity index (χ0n) is 16.8. The van der Waals surface area contributed by atoms with Crippen molar-refractivity contribution in [3.05, 3.63) is 47.7 Å². The van der Waals surface area contributed by atoms with Crippen LogP contribution in [0.2, 0.25) is 0 Å². The Kier molecular flexibility index (Phi) is 4.72. The van der Waals surface area contributed by atoms with Gasteiger partial charge in [-0.1, -0.05) is 5.21 Å². The molecule has 2 N–H and O–H groups in total. The molecule has 3 heterocycles. The molecule has 1 spiro atoms. The monoisotopic (exact) mass is 445 g/mol. The molecule has 1 aliphatic carbocycles. The first-order valence-corrected chi connectivity index (χ1v) is 9.90. The largest absolute Gasteiger partial charge is 0.442 e. The van der Waals surface area contributed by atoms with Crippen LogP contribution in [0.4, 0.5) is 29.6 Å². The molecule has 2 fully saturated rings. The van der Waals surface area contributed by atoms with Gasteiger partial charge < -0.3 is 15.4 Å². The minimum Gasteiger partial charge on any atom is -0.442 e. The van der Waals surface area contributed by atoms with Crippen LogP contribution in [0, 0.1) is 12.7 Å². The van der Waals surface area contributed by atoms with Crippen LogP contribution in [0.25, 0.3) is 11.3 Å². The summed E-state index contributed by atoms with van der Waals surface area (Å²) in [6.07, 6.45) is 0.415. The Hall–Kier alpha value is -3.70. The number of alkyl halides is 2. The molecule has 0 bridgehead atoms. The molecule has 2 aromatic heterocycles. The fraction of sp³-hybridized carbons (Fsp3) is 0.350. The lowest BCUT2D eigenvalue weighted by atomic mass is 10.1. The number of nitrogens with one attached hydrogen (secondary N) is 2. The van der Waals surface area contributed by atoms with E-state index in [4.69, 9.17) is 4.74 Å². The Morgan fingerprint density at radius 2 is 2.16 bits per heavy atom. The third-order valence-corrected chi connectivity index (χ3v) is 5.50. The zero-order chi connectivity index (χ0) is 22.5. The molecule has 32 heavy (non-hydrogen) atoms. The maximum Gasteiger partial charge on any atom is 0.408 e. The molecule has 1 aromatic carbocycles. The fourth-order valence-corrected chi connectivity index (χ4v) is 3.76. The molecule has 1 saturated heterocycles. The number of hydrogen-bond acceptors (Lipinski definition) is 7. The van der Waals surface area contributed by atoms with Gasteiger partial charge in [-0.25, -0.2) is 32.6 Å². The van der Waals surface area contributed by atoms with E-state index >= 15 is 0 Å². The van der Waals surface area contributed by atoms with Crippen molar-refractivity contribution in [1.29, 1.82) is 0 Å². The first-order valence-electron chi connectivity index (χ1n) is 9.90. The van der Waals surface area contributed by atoms with Crippen LogP contribution in [0.15, 0.2) is 30.6 Å². The molecule has 166 valence electrons. The Morgan fingerprint density at radius 3 is 2.91 bits per heavy atom. The standard InChI is InChI=1S/C20H18F3N7O2/c1-10-4-11(6-12(5-10)25-18-24-7-13(21)16(26-18)17(22)23)14-8-30(29-28-14)9-15-20(2-3-20)27-19(31)32-15/h4-8,15,17H,2-3,9H2,1H3,(H,27,31)(H,24,25,26)/t15-/m0/s1. The van der Waals surface area contributed by atoms with E-state index in [1.807, 2.05) is 13.0 Å². The second-order valence-electron chi connectivity index (χ2n) is 7.94. The molecule has 1 atom stereocenters. The van der Waals surface area contributed by atoms with Crippen molar-refractivity contribution in [2.24, 2.45) is 0 Å². The molecule has 1 amide bonds. The van der Waals surface area contributed by atoms with Gasteiger partial charge in [-0.15, -0.1) is 5.10 Å². The van der Waals surface area contributed by atoms with Crippen LogP contribution in [-0.4, -0.2) is 42.7 Å². The van der Waals surface area contributed by atoms with Crippen LogP contribution in [0.3, 0.4) is 0 Å². The second kappa shape index (κ2) is 7.46. The summed E-state index contributed by atoms with van der Waals surface area (Å²) >= 11 is 0. The third-order valence-electron chi connectivity index (χ3n) is 5.50. The van der Waals surface area contributed by atoms with Gasteiger partial charge in [-0.2, -0.15) is 0 Å². The number of aromatic nitrogens is 5. The predicted molar refractivity (Wildman–Crippen MR) is 106 cm³/mol. The number of nitrogens with zero attached hydrogens (tertiary/aromatic N) is 5. The summed E-state index contributed by atoms with van der Waals surface area (Å²) in [5, 5.41) is 14.0. The summed E-state index contributed by atoms with van der Waals surface area (Å²) in [4.78, 5) is 18.9. The number of aryl methyl sites for hydroxylation is 1. The second-order valence-corrected chi connectivity index (χ2v) is 7.94. The summed E-state index contributed by atoms with van der Waals surface area (Å²) < 4.78 is 46.2. The first kappa shape index (κ1) is 20.2. The number of anilines is 2. The number of carbonyl (C=O) groups excluding carboxylic acids is 1. The predicted octanol–water partition coefficient (Wildman–Crippen LogP) is 3.50. The molecule has 2 aliphatic rings. The normalized spacial score (nSPS) is 18.7. The molecular formula is C20H18F3N7O2. The lowest BCUT2D eigenvalue weighted by Gasteiger charge is -2.14. The van der Waals surface area contributed by atoms with Gasteiger partial charge in [0.25, 0.3) is 6.43 Å². The highest BCUT2D eigenvalue weighted by molar-refractivity contribution is 5.72. The molecule has 0 radical (unpaired) electrons. The van der Waals surface area contributed by atoms with E-state index in [9.17, 15) is 18.0 Å². The topological polar surface area (TPSA) is 107 Å². The number of carbonyl (C=O) groups is 1. The minimum atomic E-state index is -3.05. The first-order chi connectivity index (χ1) is 15.3. The van der Waals surface area contributed by atoms with Gasteiger partial charge in [0.15, 0.2) is 5.82 Å². The van der Waals surface area contributed by atoms with Gasteiger partial charge in [0.2, 0.25) is 5.95 Å². The SMILES string of the molecule is Cc1cc(Nc2ncc(F)c(C(F)F)n2)cc(-c2cn(C[C@@H]3OC(=O)NC34CC4)nn2)c1. The van der Waals surface area contributed by atoms with Gasteiger partial charge >= 0.3 is 6.09 Å². The van der Waals surface area contributed by atoms with Crippen molar-refractivity contribution in [1.82, 2.24) is 30.3 Å². The van der Waals surface area contributed by atoms with E-state index in [0.29, 0.717) is 24.1 Å². The number of alkyl carbamates (subject to hydrolysis) is 1. The summed E-state index contributed by atoms with van der Waals surface area (Å²) in [6.45, 7) is 2.23. The molecule has 1 saturated carbocycles. The van der Waals surface area contributed by atoms with Crippen LogP contribution in [-0.2, 0) is 11.3 Å². The average molecular weight is 445 g/mol. The minimum absolute atomic E-state index is 0.146. The average Bonchev–Trinajstić information content (AvgIpc) is 3.23. The van der Waals surface area contributed by atoms with Crippen molar-refractivity contribution in [3.63, 3.8) is 0 Å². The number of amides is 1. The van der Waals surface area contributed by atoms with Crippen LogP contribution in [0.5, 0.6) is 0 Å². The van der Waals surface area contributed by atoms with Gasteiger partial charge in [-0.05, 0) is 43.5 Å². The lowest BCUT2D eigenvalue weighted by molar-refractivity contribution is 0.113. The molecular weight excluding hydrogens is 427 g/mol. The number of halogens is 3. The van der Waals surface area contributed by atoms with Crippen molar-refractivity contribution >= 4 is 17.7 Å². The van der Waals surface area contributed by atoms with E-state index in [0.717, 1.165) is 24.0 Å². The molecule has 5 rings (SSSR count). The summed E-state index contributed by atoms with van der Waals surface area (Å²) in [5.41, 5.74) is 1.42. The summed E-state index contributed by atoms with van der Waals surface area (Å²) in [6, 6.07) is 5.38. The maximum absolute atomic E-state index is 13.4. The van der Waals surface area contributed by atoms with Crippen LogP contribution >= 0.6 is 0 Å². The van der Waals surface area contributed by atoms with Gasteiger partial charge in [0.05, 0.1) is 24.5 Å². The Labute approximate surface area is 180 Å². The molecule has 12 heteroatoms. The van der Waals surface area contributed by atoms with E-state index < -0.39 is 24.0 Å². The number of ether oxygens (including phenoxy) is 1. The fourth-order valence-electron chi connectivity index (χ4n) is 3.76. The zero-order valence-corrected chi connectivity index (χ0v) is 16.8. The highest BCUT2D eigenvalue weighted by Gasteiger charge is 2.57. The highest BCUT2D eigenvalue weighted by atomic mass is 19.3.